The molecule has 0 radical (unpaired) electrons. The molecule has 5 aromatic rings. The lowest BCUT2D eigenvalue weighted by Gasteiger charge is -2.07. The van der Waals surface area contributed by atoms with Crippen molar-refractivity contribution in [3.63, 3.8) is 0 Å². The average Bonchev–Trinajstić information content (AvgIpc) is 3.46. The highest BCUT2D eigenvalue weighted by atomic mass is 35.5. The molecule has 0 saturated heterocycles. The van der Waals surface area contributed by atoms with Crippen LogP contribution in [0.15, 0.2) is 66.9 Å². The summed E-state index contributed by atoms with van der Waals surface area (Å²) in [5.41, 5.74) is 2.17. The summed E-state index contributed by atoms with van der Waals surface area (Å²) in [5.74, 6) is -0.790. The molecule has 7 nitrogen and oxygen atoms in total. The lowest BCUT2D eigenvalue weighted by molar-refractivity contribution is 0.102. The number of carbonyl (C=O) groups excluding carboxylic acids is 1. The van der Waals surface area contributed by atoms with Crippen LogP contribution in [0, 0.1) is 5.82 Å². The fraction of sp³-hybridized carbons (Fsp3) is 0.125. The van der Waals surface area contributed by atoms with E-state index in [9.17, 15) is 9.18 Å². The van der Waals surface area contributed by atoms with Crippen LogP contribution in [0.4, 0.5) is 9.52 Å². The molecule has 10 heteroatoms. The van der Waals surface area contributed by atoms with E-state index < -0.39 is 5.91 Å². The summed E-state index contributed by atoms with van der Waals surface area (Å²) < 4.78 is 15.7. The van der Waals surface area contributed by atoms with Gasteiger partial charge in [0, 0.05) is 22.7 Å². The molecular weight excluding hydrogens is 475 g/mol. The second-order valence-electron chi connectivity index (χ2n) is 7.65. The zero-order valence-corrected chi connectivity index (χ0v) is 19.5. The molecule has 0 spiro atoms. The van der Waals surface area contributed by atoms with Gasteiger partial charge in [-0.2, -0.15) is 5.10 Å². The number of carbonyl (C=O) groups is 1. The highest BCUT2D eigenvalue weighted by Crippen LogP contribution is 2.30. The molecule has 0 saturated carbocycles. The summed E-state index contributed by atoms with van der Waals surface area (Å²) in [7, 11) is 0. The topological polar surface area (TPSA) is 85.6 Å². The molecule has 1 amide bonds. The van der Waals surface area contributed by atoms with E-state index in [1.165, 1.54) is 22.1 Å². The van der Waals surface area contributed by atoms with Crippen LogP contribution >= 0.6 is 22.9 Å². The maximum atomic E-state index is 14.2. The Kier molecular flexibility index (Phi) is 6.04. The molecule has 0 fully saturated rings. The first-order valence-corrected chi connectivity index (χ1v) is 11.6. The van der Waals surface area contributed by atoms with Crippen molar-refractivity contribution in [2.24, 2.45) is 0 Å². The molecule has 1 N–H and O–H groups in total. The van der Waals surface area contributed by atoms with Gasteiger partial charge >= 0.3 is 0 Å². The molecule has 5 rings (SSSR count). The van der Waals surface area contributed by atoms with Crippen molar-refractivity contribution in [1.82, 2.24) is 25.0 Å². The monoisotopic (exact) mass is 492 g/mol. The van der Waals surface area contributed by atoms with Crippen LogP contribution in [0.25, 0.3) is 11.0 Å². The van der Waals surface area contributed by atoms with E-state index in [-0.39, 0.29) is 24.0 Å². The summed E-state index contributed by atoms with van der Waals surface area (Å²) in [6.45, 7) is 2.16. The highest BCUT2D eigenvalue weighted by molar-refractivity contribution is 7.15. The number of anilines is 1. The molecule has 0 aliphatic carbocycles. The lowest BCUT2D eigenvalue weighted by Crippen LogP contribution is -2.14. The Bertz CT molecular complexity index is 1480. The van der Waals surface area contributed by atoms with Crippen LogP contribution in [0.5, 0.6) is 0 Å². The van der Waals surface area contributed by atoms with Gasteiger partial charge in [0.25, 0.3) is 5.91 Å². The van der Waals surface area contributed by atoms with Gasteiger partial charge in [-0.1, -0.05) is 60.2 Å². The number of aromatic nitrogens is 5. The fourth-order valence-electron chi connectivity index (χ4n) is 3.59. The minimum atomic E-state index is -0.438. The standard InChI is InChI=1S/C24H18ClFN6OS/c1-14(15-8-10-17(25)11-9-15)23-29-30-24(34-23)28-22(33)20-18-6-4-12-27-21(18)32(31-20)13-16-5-2-3-7-19(16)26/h2-12,14H,13H2,1H3,(H,28,30,33). The van der Waals surface area contributed by atoms with Crippen molar-refractivity contribution in [2.75, 3.05) is 5.32 Å². The van der Waals surface area contributed by atoms with Crippen molar-refractivity contribution in [3.05, 3.63) is 99.5 Å². The number of nitrogens with one attached hydrogen (secondary N) is 1. The third-order valence-corrected chi connectivity index (χ3v) is 6.67. The predicted octanol–water partition coefficient (Wildman–Crippen LogP) is 5.53. The fourth-order valence-corrected chi connectivity index (χ4v) is 4.53. The molecule has 34 heavy (non-hydrogen) atoms. The van der Waals surface area contributed by atoms with Crippen LogP contribution in [-0.2, 0) is 6.54 Å². The normalized spacial score (nSPS) is 12.1. The molecular formula is C24H18ClFN6OS. The molecule has 0 bridgehead atoms. The Labute approximate surface area is 203 Å². The first-order valence-electron chi connectivity index (χ1n) is 10.4. The Morgan fingerprint density at radius 2 is 1.91 bits per heavy atom. The highest BCUT2D eigenvalue weighted by Gasteiger charge is 2.21. The van der Waals surface area contributed by atoms with Gasteiger partial charge in [-0.25, -0.2) is 14.1 Å². The van der Waals surface area contributed by atoms with E-state index in [1.54, 1.807) is 36.5 Å². The predicted molar refractivity (Wildman–Crippen MR) is 130 cm³/mol. The quantitative estimate of drug-likeness (QED) is 0.337. The first kappa shape index (κ1) is 22.1. The molecule has 2 aromatic carbocycles. The number of benzene rings is 2. The van der Waals surface area contributed by atoms with Gasteiger partial charge in [0.2, 0.25) is 5.13 Å². The molecule has 3 aromatic heterocycles. The van der Waals surface area contributed by atoms with E-state index in [2.05, 4.69) is 25.6 Å². The van der Waals surface area contributed by atoms with Crippen molar-refractivity contribution in [3.8, 4) is 0 Å². The van der Waals surface area contributed by atoms with Gasteiger partial charge in [-0.3, -0.25) is 10.1 Å². The van der Waals surface area contributed by atoms with Crippen molar-refractivity contribution in [2.45, 2.75) is 19.4 Å². The molecule has 3 heterocycles. The number of halogens is 2. The Balaban J connectivity index is 1.39. The Morgan fingerprint density at radius 3 is 2.71 bits per heavy atom. The second kappa shape index (κ2) is 9.28. The number of fused-ring (bicyclic) bond motifs is 1. The lowest BCUT2D eigenvalue weighted by atomic mass is 10.0. The molecule has 1 atom stereocenters. The number of nitrogens with zero attached hydrogens (tertiary/aromatic N) is 5. The Morgan fingerprint density at radius 1 is 1.12 bits per heavy atom. The molecule has 1 unspecified atom stereocenters. The number of hydrogen-bond donors (Lipinski definition) is 1. The maximum Gasteiger partial charge on any atom is 0.278 e. The van der Waals surface area contributed by atoms with Gasteiger partial charge in [-0.15, -0.1) is 10.2 Å². The third kappa shape index (κ3) is 4.40. The third-order valence-electron chi connectivity index (χ3n) is 5.40. The number of amides is 1. The minimum absolute atomic E-state index is 0.00886. The first-order chi connectivity index (χ1) is 16.5. The summed E-state index contributed by atoms with van der Waals surface area (Å²) in [6.07, 6.45) is 1.61. The van der Waals surface area contributed by atoms with E-state index >= 15 is 0 Å². The van der Waals surface area contributed by atoms with E-state index in [0.717, 1.165) is 10.6 Å². The number of pyridine rings is 1. The van der Waals surface area contributed by atoms with Crippen molar-refractivity contribution >= 4 is 45.0 Å². The van der Waals surface area contributed by atoms with Gasteiger partial charge < -0.3 is 0 Å². The van der Waals surface area contributed by atoms with Gasteiger partial charge in [0.15, 0.2) is 11.3 Å². The van der Waals surface area contributed by atoms with E-state index in [1.807, 2.05) is 31.2 Å². The summed E-state index contributed by atoms with van der Waals surface area (Å²) >= 11 is 7.27. The number of rotatable bonds is 6. The zero-order valence-electron chi connectivity index (χ0n) is 17.9. The van der Waals surface area contributed by atoms with E-state index in [4.69, 9.17) is 11.6 Å². The molecule has 0 aliphatic heterocycles. The van der Waals surface area contributed by atoms with E-state index in [0.29, 0.717) is 26.8 Å². The maximum absolute atomic E-state index is 14.2. The summed E-state index contributed by atoms with van der Waals surface area (Å²) in [4.78, 5) is 17.4. The largest absolute Gasteiger partial charge is 0.295 e. The minimum Gasteiger partial charge on any atom is -0.295 e. The summed E-state index contributed by atoms with van der Waals surface area (Å²) in [5, 5.41) is 17.9. The second-order valence-corrected chi connectivity index (χ2v) is 9.09. The van der Waals surface area contributed by atoms with Gasteiger partial charge in [0.1, 0.15) is 10.8 Å². The molecule has 170 valence electrons. The van der Waals surface area contributed by atoms with Crippen LogP contribution in [0.3, 0.4) is 0 Å². The van der Waals surface area contributed by atoms with Crippen molar-refractivity contribution in [1.29, 1.82) is 0 Å². The van der Waals surface area contributed by atoms with Crippen LogP contribution in [0.2, 0.25) is 5.02 Å². The average molecular weight is 493 g/mol. The van der Waals surface area contributed by atoms with Crippen LogP contribution < -0.4 is 5.32 Å². The van der Waals surface area contributed by atoms with Gasteiger partial charge in [0.05, 0.1) is 11.9 Å². The van der Waals surface area contributed by atoms with Gasteiger partial charge in [-0.05, 0) is 35.9 Å². The van der Waals surface area contributed by atoms with Crippen LogP contribution in [0.1, 0.15) is 39.5 Å². The SMILES string of the molecule is CC(c1ccc(Cl)cc1)c1nnc(NC(=O)c2nn(Cc3ccccc3F)c3ncccc23)s1. The Hall–Kier alpha value is -3.69. The zero-order chi connectivity index (χ0) is 23.7. The van der Waals surface area contributed by atoms with Crippen LogP contribution in [-0.4, -0.2) is 30.9 Å². The summed E-state index contributed by atoms with van der Waals surface area (Å²) in [6, 6.07) is 17.5. The molecule has 0 aliphatic rings. The van der Waals surface area contributed by atoms with Crippen molar-refractivity contribution < 1.29 is 9.18 Å². The number of hydrogen-bond acceptors (Lipinski definition) is 6. The smallest absolute Gasteiger partial charge is 0.278 e.